The van der Waals surface area contributed by atoms with Crippen molar-refractivity contribution in [2.45, 2.75) is 11.8 Å². The monoisotopic (exact) mass is 347 g/mol. The van der Waals surface area contributed by atoms with Crippen LogP contribution in [0.4, 0.5) is 5.69 Å². The van der Waals surface area contributed by atoms with Gasteiger partial charge in [-0.2, -0.15) is 0 Å². The molecule has 0 amide bonds. The Balaban J connectivity index is 2.36. The summed E-state index contributed by atoms with van der Waals surface area (Å²) in [5.41, 5.74) is 0.235. The summed E-state index contributed by atoms with van der Waals surface area (Å²) >= 11 is 11.4. The predicted octanol–water partition coefficient (Wildman–Crippen LogP) is 2.98. The Kier molecular flexibility index (Phi) is 4.87. The molecule has 0 atom stereocenters. The van der Waals surface area contributed by atoms with Crippen molar-refractivity contribution < 1.29 is 13.2 Å². The van der Waals surface area contributed by atoms with Gasteiger partial charge in [0.2, 0.25) is 5.28 Å². The molecular weight excluding hydrogens is 337 g/mol. The van der Waals surface area contributed by atoms with Crippen molar-refractivity contribution >= 4 is 38.9 Å². The van der Waals surface area contributed by atoms with Crippen molar-refractivity contribution in [2.75, 3.05) is 11.3 Å². The maximum atomic E-state index is 12.2. The van der Waals surface area contributed by atoms with E-state index in [4.69, 9.17) is 27.9 Å². The molecule has 0 unspecified atom stereocenters. The van der Waals surface area contributed by atoms with Gasteiger partial charge in [0.25, 0.3) is 10.0 Å². The van der Waals surface area contributed by atoms with Gasteiger partial charge in [-0.25, -0.2) is 18.4 Å². The first-order valence-electron chi connectivity index (χ1n) is 5.85. The Bertz CT molecular complexity index is 736. The molecule has 2 rings (SSSR count). The van der Waals surface area contributed by atoms with Crippen LogP contribution in [0.25, 0.3) is 0 Å². The lowest BCUT2D eigenvalue weighted by molar-refractivity contribution is 0.342. The molecule has 0 saturated carbocycles. The molecule has 1 aromatic carbocycles. The molecule has 0 saturated heterocycles. The summed E-state index contributed by atoms with van der Waals surface area (Å²) in [5, 5.41) is 0.343. The van der Waals surface area contributed by atoms with Crippen LogP contribution in [0.1, 0.15) is 6.92 Å². The summed E-state index contributed by atoms with van der Waals surface area (Å²) < 4.78 is 32.2. The van der Waals surface area contributed by atoms with Crippen molar-refractivity contribution in [3.05, 3.63) is 40.9 Å². The van der Waals surface area contributed by atoms with Crippen LogP contribution in [0.15, 0.2) is 35.5 Å². The van der Waals surface area contributed by atoms with Gasteiger partial charge in [0.1, 0.15) is 10.6 Å². The van der Waals surface area contributed by atoms with Crippen LogP contribution >= 0.6 is 23.2 Å². The highest BCUT2D eigenvalue weighted by atomic mass is 35.5. The molecule has 0 bridgehead atoms. The zero-order chi connectivity index (χ0) is 15.5. The number of hydrogen-bond donors (Lipinski definition) is 1. The van der Waals surface area contributed by atoms with Crippen LogP contribution in [0.2, 0.25) is 10.3 Å². The van der Waals surface area contributed by atoms with Crippen LogP contribution in [0.5, 0.6) is 5.75 Å². The van der Waals surface area contributed by atoms with E-state index in [0.29, 0.717) is 17.4 Å². The average molecular weight is 348 g/mol. The summed E-state index contributed by atoms with van der Waals surface area (Å²) in [6, 6.07) is 4.65. The first-order valence-corrected chi connectivity index (χ1v) is 8.09. The number of aromatic nitrogens is 2. The molecule has 2 aromatic rings. The van der Waals surface area contributed by atoms with Crippen LogP contribution in [0.3, 0.4) is 0 Å². The number of rotatable bonds is 5. The van der Waals surface area contributed by atoms with Gasteiger partial charge in [-0.3, -0.25) is 4.72 Å². The minimum Gasteiger partial charge on any atom is -0.492 e. The Morgan fingerprint density at radius 1 is 1.24 bits per heavy atom. The number of hydrogen-bond acceptors (Lipinski definition) is 5. The quantitative estimate of drug-likeness (QED) is 0.840. The van der Waals surface area contributed by atoms with E-state index in [9.17, 15) is 8.42 Å². The number of halogens is 2. The molecule has 0 aliphatic carbocycles. The Hall–Kier alpha value is -1.57. The average Bonchev–Trinajstić information content (AvgIpc) is 2.42. The minimum atomic E-state index is -3.86. The highest BCUT2D eigenvalue weighted by molar-refractivity contribution is 7.92. The molecule has 1 heterocycles. The van der Waals surface area contributed by atoms with Gasteiger partial charge >= 0.3 is 0 Å². The first-order chi connectivity index (χ1) is 9.92. The fraction of sp³-hybridized carbons (Fsp3) is 0.167. The molecule has 21 heavy (non-hydrogen) atoms. The van der Waals surface area contributed by atoms with E-state index in [0.717, 1.165) is 12.4 Å². The lowest BCUT2D eigenvalue weighted by atomic mass is 10.3. The van der Waals surface area contributed by atoms with Gasteiger partial charge in [0.15, 0.2) is 0 Å². The maximum Gasteiger partial charge on any atom is 0.265 e. The smallest absolute Gasteiger partial charge is 0.265 e. The molecule has 112 valence electrons. The summed E-state index contributed by atoms with van der Waals surface area (Å²) in [4.78, 5) is 7.17. The standard InChI is InChI=1S/C12H11Cl2N3O3S/c1-2-20-11-4-3-8(13)5-10(11)17-21(18,19)9-6-15-12(14)16-7-9/h3-7,17H,2H2,1H3. The molecule has 0 fully saturated rings. The van der Waals surface area contributed by atoms with E-state index in [1.807, 2.05) is 0 Å². The van der Waals surface area contributed by atoms with Gasteiger partial charge in [-0.15, -0.1) is 0 Å². The Labute approximate surface area is 132 Å². The van der Waals surface area contributed by atoms with Crippen LogP contribution in [0, 0.1) is 0 Å². The van der Waals surface area contributed by atoms with Crippen molar-refractivity contribution in [1.82, 2.24) is 9.97 Å². The van der Waals surface area contributed by atoms with Crippen molar-refractivity contribution in [2.24, 2.45) is 0 Å². The molecule has 0 spiro atoms. The third kappa shape index (κ3) is 3.96. The van der Waals surface area contributed by atoms with Crippen LogP contribution in [-0.4, -0.2) is 25.0 Å². The highest BCUT2D eigenvalue weighted by Crippen LogP contribution is 2.30. The van der Waals surface area contributed by atoms with E-state index < -0.39 is 10.0 Å². The molecule has 1 aromatic heterocycles. The number of sulfonamides is 1. The second-order valence-electron chi connectivity index (χ2n) is 3.87. The van der Waals surface area contributed by atoms with Gasteiger partial charge in [0.05, 0.1) is 24.7 Å². The highest BCUT2D eigenvalue weighted by Gasteiger charge is 2.18. The lowest BCUT2D eigenvalue weighted by Crippen LogP contribution is -2.14. The van der Waals surface area contributed by atoms with E-state index >= 15 is 0 Å². The van der Waals surface area contributed by atoms with Gasteiger partial charge in [-0.1, -0.05) is 11.6 Å². The first kappa shape index (κ1) is 15.8. The molecule has 0 aliphatic heterocycles. The van der Waals surface area contributed by atoms with Crippen LogP contribution < -0.4 is 9.46 Å². The fourth-order valence-corrected chi connectivity index (χ4v) is 2.73. The number of benzene rings is 1. The van der Waals surface area contributed by atoms with Crippen molar-refractivity contribution in [3.63, 3.8) is 0 Å². The van der Waals surface area contributed by atoms with E-state index in [2.05, 4.69) is 14.7 Å². The van der Waals surface area contributed by atoms with Gasteiger partial charge in [0, 0.05) is 5.02 Å². The van der Waals surface area contributed by atoms with Gasteiger partial charge < -0.3 is 4.74 Å². The largest absolute Gasteiger partial charge is 0.492 e. The number of nitrogens with one attached hydrogen (secondary N) is 1. The molecule has 0 aliphatic rings. The normalized spacial score (nSPS) is 11.2. The summed E-state index contributed by atoms with van der Waals surface area (Å²) in [6.45, 7) is 2.18. The fourth-order valence-electron chi connectivity index (χ4n) is 1.51. The topological polar surface area (TPSA) is 81.2 Å². The zero-order valence-corrected chi connectivity index (χ0v) is 13.2. The summed E-state index contributed by atoms with van der Waals surface area (Å²) in [6.07, 6.45) is 2.23. The Morgan fingerprint density at radius 3 is 2.52 bits per heavy atom. The Morgan fingerprint density at radius 2 is 1.90 bits per heavy atom. The minimum absolute atomic E-state index is 0.0355. The third-order valence-electron chi connectivity index (χ3n) is 2.39. The van der Waals surface area contributed by atoms with Crippen LogP contribution in [-0.2, 0) is 10.0 Å². The lowest BCUT2D eigenvalue weighted by Gasteiger charge is -2.13. The second-order valence-corrected chi connectivity index (χ2v) is 6.32. The van der Waals surface area contributed by atoms with Crippen molar-refractivity contribution in [1.29, 1.82) is 0 Å². The van der Waals surface area contributed by atoms with Gasteiger partial charge in [-0.05, 0) is 36.7 Å². The molecule has 9 heteroatoms. The molecule has 0 radical (unpaired) electrons. The molecule has 1 N–H and O–H groups in total. The van der Waals surface area contributed by atoms with E-state index in [1.165, 1.54) is 6.07 Å². The molecule has 6 nitrogen and oxygen atoms in total. The zero-order valence-electron chi connectivity index (χ0n) is 10.9. The van der Waals surface area contributed by atoms with Crippen molar-refractivity contribution in [3.8, 4) is 5.75 Å². The number of ether oxygens (including phenoxy) is 1. The molecular formula is C12H11Cl2N3O3S. The number of anilines is 1. The summed E-state index contributed by atoms with van der Waals surface area (Å²) in [7, 11) is -3.86. The van der Waals surface area contributed by atoms with E-state index in [1.54, 1.807) is 19.1 Å². The summed E-state index contributed by atoms with van der Waals surface area (Å²) in [5.74, 6) is 0.375. The SMILES string of the molecule is CCOc1ccc(Cl)cc1NS(=O)(=O)c1cnc(Cl)nc1. The predicted molar refractivity (Wildman–Crippen MR) is 80.5 cm³/mol. The third-order valence-corrected chi connectivity index (χ3v) is 4.14. The maximum absolute atomic E-state index is 12.2. The number of nitrogens with zero attached hydrogens (tertiary/aromatic N) is 2. The second kappa shape index (κ2) is 6.46. The van der Waals surface area contributed by atoms with E-state index in [-0.39, 0.29) is 15.9 Å².